The number of ether oxygens (including phenoxy) is 2. The van der Waals surface area contributed by atoms with E-state index in [1.54, 1.807) is 30.3 Å². The molecule has 11 heteroatoms. The Morgan fingerprint density at radius 2 is 1.71 bits per heavy atom. The van der Waals surface area contributed by atoms with E-state index in [2.05, 4.69) is 9.80 Å². The molecule has 4 aromatic rings. The van der Waals surface area contributed by atoms with Gasteiger partial charge in [0.2, 0.25) is 0 Å². The minimum absolute atomic E-state index is 0.141. The summed E-state index contributed by atoms with van der Waals surface area (Å²) in [5.41, 5.74) is 1.18. The molecule has 1 aliphatic rings. The third-order valence-corrected chi connectivity index (χ3v) is 6.69. The van der Waals surface area contributed by atoms with Gasteiger partial charge in [0.25, 0.3) is 11.2 Å². The average molecular weight is 520 g/mol. The van der Waals surface area contributed by atoms with Gasteiger partial charge in [0.1, 0.15) is 23.1 Å². The molecule has 0 N–H and O–H groups in total. The Labute approximate surface area is 217 Å². The molecule has 3 aromatic carbocycles. The first-order valence-electron chi connectivity index (χ1n) is 12.0. The summed E-state index contributed by atoms with van der Waals surface area (Å²) in [6.07, 6.45) is 0. The van der Waals surface area contributed by atoms with Crippen molar-refractivity contribution in [2.75, 3.05) is 45.3 Å². The van der Waals surface area contributed by atoms with Gasteiger partial charge < -0.3 is 14.4 Å². The van der Waals surface area contributed by atoms with E-state index in [0.29, 0.717) is 48.2 Å². The van der Waals surface area contributed by atoms with E-state index in [0.717, 1.165) is 18.8 Å². The maximum atomic E-state index is 13.8. The first-order valence-corrected chi connectivity index (χ1v) is 12.0. The third kappa shape index (κ3) is 4.88. The van der Waals surface area contributed by atoms with Crippen molar-refractivity contribution in [2.45, 2.75) is 6.54 Å². The molecule has 0 radical (unpaired) electrons. The average Bonchev–Trinajstić information content (AvgIpc) is 2.94. The molecule has 1 saturated heterocycles. The maximum Gasteiger partial charge on any atom is 0.270 e. The molecule has 5 rings (SSSR count). The van der Waals surface area contributed by atoms with Crippen molar-refractivity contribution in [1.82, 2.24) is 14.5 Å². The van der Waals surface area contributed by atoms with Crippen LogP contribution in [-0.2, 0) is 6.54 Å². The Morgan fingerprint density at radius 3 is 2.37 bits per heavy atom. The van der Waals surface area contributed by atoms with E-state index in [9.17, 15) is 19.3 Å². The van der Waals surface area contributed by atoms with Crippen molar-refractivity contribution in [2.24, 2.45) is 0 Å². The molecule has 2 heterocycles. The van der Waals surface area contributed by atoms with Gasteiger partial charge in [-0.05, 0) is 42.5 Å². The molecule has 0 spiro atoms. The van der Waals surface area contributed by atoms with Crippen LogP contribution >= 0.6 is 0 Å². The van der Waals surface area contributed by atoms with E-state index >= 15 is 0 Å². The minimum atomic E-state index is -0.536. The van der Waals surface area contributed by atoms with E-state index in [1.807, 2.05) is 0 Å². The van der Waals surface area contributed by atoms with Crippen molar-refractivity contribution in [3.63, 3.8) is 0 Å². The van der Waals surface area contributed by atoms with Gasteiger partial charge in [0.05, 0.1) is 42.3 Å². The summed E-state index contributed by atoms with van der Waals surface area (Å²) in [4.78, 5) is 33.8. The van der Waals surface area contributed by atoms with Gasteiger partial charge in [-0.2, -0.15) is 0 Å². The first kappa shape index (κ1) is 25.2. The summed E-state index contributed by atoms with van der Waals surface area (Å²) in [5.74, 6) is 1.17. The highest BCUT2D eigenvalue weighted by Gasteiger charge is 2.23. The lowest BCUT2D eigenvalue weighted by Crippen LogP contribution is -2.46. The lowest BCUT2D eigenvalue weighted by Gasteiger charge is -2.36. The van der Waals surface area contributed by atoms with Crippen LogP contribution in [0.4, 0.5) is 15.8 Å². The molecule has 0 atom stereocenters. The van der Waals surface area contributed by atoms with Crippen molar-refractivity contribution in [1.29, 1.82) is 0 Å². The third-order valence-electron chi connectivity index (χ3n) is 6.69. The molecule has 1 aliphatic heterocycles. The van der Waals surface area contributed by atoms with Crippen LogP contribution in [0.15, 0.2) is 65.5 Å². The zero-order valence-corrected chi connectivity index (χ0v) is 21.0. The number of benzene rings is 3. The SMILES string of the molecule is COc1ccc(-n2c(CN3CCN(c4ccc(F)cc4)CC3)nc3ccc([N+](=O)[O-])cc3c2=O)c(OC)c1. The Kier molecular flexibility index (Phi) is 6.93. The van der Waals surface area contributed by atoms with Gasteiger partial charge in [0.15, 0.2) is 0 Å². The molecular weight excluding hydrogens is 493 g/mol. The fourth-order valence-corrected chi connectivity index (χ4v) is 4.67. The Bertz CT molecular complexity index is 1550. The smallest absolute Gasteiger partial charge is 0.270 e. The summed E-state index contributed by atoms with van der Waals surface area (Å²) >= 11 is 0. The normalized spacial score (nSPS) is 14.0. The monoisotopic (exact) mass is 519 g/mol. The summed E-state index contributed by atoms with van der Waals surface area (Å²) in [7, 11) is 3.03. The number of aromatic nitrogens is 2. The molecule has 10 nitrogen and oxygen atoms in total. The van der Waals surface area contributed by atoms with Crippen LogP contribution in [0.2, 0.25) is 0 Å². The fourth-order valence-electron chi connectivity index (χ4n) is 4.67. The van der Waals surface area contributed by atoms with Crippen LogP contribution in [0.5, 0.6) is 11.5 Å². The zero-order chi connectivity index (χ0) is 26.8. The summed E-state index contributed by atoms with van der Waals surface area (Å²) in [5, 5.41) is 11.5. The Balaban J connectivity index is 1.53. The number of hydrogen-bond donors (Lipinski definition) is 0. The number of anilines is 1. The minimum Gasteiger partial charge on any atom is -0.497 e. The van der Waals surface area contributed by atoms with Gasteiger partial charge in [0, 0.05) is 50.1 Å². The maximum absolute atomic E-state index is 13.8. The number of methoxy groups -OCH3 is 2. The lowest BCUT2D eigenvalue weighted by molar-refractivity contribution is -0.384. The first-order chi connectivity index (χ1) is 18.4. The van der Waals surface area contributed by atoms with Crippen LogP contribution in [0.25, 0.3) is 16.6 Å². The van der Waals surface area contributed by atoms with E-state index in [-0.39, 0.29) is 16.9 Å². The molecule has 1 fully saturated rings. The lowest BCUT2D eigenvalue weighted by atomic mass is 10.2. The molecule has 0 unspecified atom stereocenters. The number of halogens is 1. The second kappa shape index (κ2) is 10.5. The Morgan fingerprint density at radius 1 is 0.974 bits per heavy atom. The van der Waals surface area contributed by atoms with E-state index < -0.39 is 10.5 Å². The van der Waals surface area contributed by atoms with Gasteiger partial charge >= 0.3 is 0 Å². The van der Waals surface area contributed by atoms with Crippen molar-refractivity contribution in [3.05, 3.63) is 92.8 Å². The zero-order valence-electron chi connectivity index (χ0n) is 21.0. The highest BCUT2D eigenvalue weighted by atomic mass is 19.1. The number of nitro groups is 1. The number of nitrogens with zero attached hydrogens (tertiary/aromatic N) is 5. The molecule has 0 aliphatic carbocycles. The number of non-ortho nitro benzene ring substituents is 1. The summed E-state index contributed by atoms with van der Waals surface area (Å²) in [6.45, 7) is 3.22. The van der Waals surface area contributed by atoms with Gasteiger partial charge in [-0.25, -0.2) is 9.37 Å². The highest BCUT2D eigenvalue weighted by Crippen LogP contribution is 2.29. The predicted octanol–water partition coefficient (Wildman–Crippen LogP) is 3.77. The quantitative estimate of drug-likeness (QED) is 0.269. The molecule has 0 saturated carbocycles. The van der Waals surface area contributed by atoms with Crippen LogP contribution in [-0.4, -0.2) is 59.8 Å². The van der Waals surface area contributed by atoms with Crippen molar-refractivity contribution in [3.8, 4) is 17.2 Å². The molecule has 0 bridgehead atoms. The second-order valence-electron chi connectivity index (χ2n) is 8.90. The standard InChI is InChI=1S/C27H26FN5O5/c1-37-21-8-10-24(25(16-21)38-2)32-26(29-23-9-7-20(33(35)36)15-22(23)27(32)34)17-30-11-13-31(14-12-30)19-5-3-18(28)4-6-19/h3-10,15-16H,11-14,17H2,1-2H3. The van der Waals surface area contributed by atoms with Gasteiger partial charge in [-0.3, -0.25) is 24.4 Å². The van der Waals surface area contributed by atoms with Crippen molar-refractivity contribution >= 4 is 22.3 Å². The number of rotatable bonds is 7. The van der Waals surface area contributed by atoms with E-state index in [4.69, 9.17) is 14.5 Å². The molecule has 0 amide bonds. The second-order valence-corrected chi connectivity index (χ2v) is 8.90. The molecule has 38 heavy (non-hydrogen) atoms. The van der Waals surface area contributed by atoms with Crippen LogP contribution in [0.1, 0.15) is 5.82 Å². The van der Waals surface area contributed by atoms with Gasteiger partial charge in [-0.1, -0.05) is 0 Å². The topological polar surface area (TPSA) is 103 Å². The van der Waals surface area contributed by atoms with E-state index in [1.165, 1.54) is 49.1 Å². The number of piperazine rings is 1. The highest BCUT2D eigenvalue weighted by molar-refractivity contribution is 5.80. The molecule has 1 aromatic heterocycles. The van der Waals surface area contributed by atoms with Crippen LogP contribution in [0.3, 0.4) is 0 Å². The number of hydrogen-bond acceptors (Lipinski definition) is 8. The predicted molar refractivity (Wildman–Crippen MR) is 141 cm³/mol. The van der Waals surface area contributed by atoms with Gasteiger partial charge in [-0.15, -0.1) is 0 Å². The molecule has 196 valence electrons. The van der Waals surface area contributed by atoms with Crippen LogP contribution < -0.4 is 19.9 Å². The largest absolute Gasteiger partial charge is 0.497 e. The molecular formula is C27H26FN5O5. The van der Waals surface area contributed by atoms with Crippen LogP contribution in [0, 0.1) is 15.9 Å². The Hall–Kier alpha value is -4.51. The fraction of sp³-hybridized carbons (Fsp3) is 0.259. The number of fused-ring (bicyclic) bond motifs is 1. The van der Waals surface area contributed by atoms with Crippen molar-refractivity contribution < 1.29 is 18.8 Å². The summed E-state index contributed by atoms with van der Waals surface area (Å²) < 4.78 is 25.7. The summed E-state index contributed by atoms with van der Waals surface area (Å²) in [6, 6.07) is 15.6. The number of nitro benzene ring substituents is 1.